The lowest BCUT2D eigenvalue weighted by atomic mass is 9.65. The van der Waals surface area contributed by atoms with Crippen LogP contribution < -0.4 is 20.1 Å². The van der Waals surface area contributed by atoms with E-state index in [1.165, 1.54) is 11.0 Å². The van der Waals surface area contributed by atoms with Gasteiger partial charge in [0.2, 0.25) is 17.7 Å². The Morgan fingerprint density at radius 3 is 2.16 bits per heavy atom. The fraction of sp³-hybridized carbons (Fsp3) is 0.345. The Balaban J connectivity index is 0.950. The number of hydrogen-bond donors (Lipinski definition) is 3. The number of piperazine rings is 1. The lowest BCUT2D eigenvalue weighted by molar-refractivity contribution is -0.180. The van der Waals surface area contributed by atoms with Gasteiger partial charge in [-0.2, -0.15) is 0 Å². The summed E-state index contributed by atoms with van der Waals surface area (Å²) in [6.45, 7) is 7.14. The van der Waals surface area contributed by atoms with Crippen LogP contribution in [0.15, 0.2) is 146 Å². The van der Waals surface area contributed by atoms with E-state index in [-0.39, 0.29) is 57.2 Å². The van der Waals surface area contributed by atoms with Crippen LogP contribution >= 0.6 is 0 Å². The highest BCUT2D eigenvalue weighted by Gasteiger charge is 2.74. The molecule has 4 saturated heterocycles. The number of anilines is 1. The van der Waals surface area contributed by atoms with Crippen LogP contribution in [0.3, 0.4) is 0 Å². The first-order chi connectivity index (χ1) is 36.0. The van der Waals surface area contributed by atoms with Gasteiger partial charge < -0.3 is 44.3 Å². The molecular weight excluding hydrogens is 945 g/mol. The second-order valence-corrected chi connectivity index (χ2v) is 19.7. The highest BCUT2D eigenvalue weighted by atomic mass is 16.6. The first-order valence-corrected chi connectivity index (χ1v) is 25.1. The van der Waals surface area contributed by atoms with Gasteiger partial charge in [0.25, 0.3) is 0 Å². The van der Waals surface area contributed by atoms with E-state index in [0.717, 1.165) is 11.1 Å². The molecule has 16 nitrogen and oxygen atoms in total. The molecule has 10 rings (SSSR count). The average molecular weight is 1000 g/mol. The van der Waals surface area contributed by atoms with Crippen molar-refractivity contribution in [2.24, 2.45) is 17.8 Å². The molecule has 0 radical (unpaired) electrons. The van der Waals surface area contributed by atoms with Crippen LogP contribution in [0.25, 0.3) is 0 Å². The summed E-state index contributed by atoms with van der Waals surface area (Å²) in [5.41, 5.74) is 2.06. The van der Waals surface area contributed by atoms with E-state index < -0.39 is 83.4 Å². The third-order valence-corrected chi connectivity index (χ3v) is 14.8. The molecule has 3 amide bonds. The lowest BCUT2D eigenvalue weighted by Crippen LogP contribution is -2.61. The largest absolute Gasteiger partial charge is 0.491 e. The van der Waals surface area contributed by atoms with Gasteiger partial charge in [0.1, 0.15) is 73.5 Å². The van der Waals surface area contributed by atoms with E-state index in [4.69, 9.17) is 23.7 Å². The second kappa shape index (κ2) is 21.0. The number of aliphatic hydroxyl groups is 1. The average Bonchev–Trinajstić information content (AvgIpc) is 4.09. The molecule has 5 aliphatic rings. The topological polar surface area (TPSA) is 199 Å². The molecule has 3 N–H and O–H groups in total. The molecule has 0 unspecified atom stereocenters. The maximum absolute atomic E-state index is 15.1. The number of para-hydroxylation sites is 1. The quantitative estimate of drug-likeness (QED) is 0.0396. The van der Waals surface area contributed by atoms with Crippen molar-refractivity contribution in [1.82, 2.24) is 15.1 Å². The SMILES string of the molecule is C=CCOC(=O)[C@H]1[C@@H]2C(=O)O[C@@H](c3ccccc3)[C@@H](c3ccccc3)N2[C@@H](c2ccc(OCCOC(=O)[C@@H]3C[C@@H]4C(=O)N[C@@H](CC(C)C)C(=O)N4[C@@H]3c3cccc(OCCO)c3)cc2)[C@]12C(=O)Nc1ccccc12. The number of carbonyl (C=O) groups excluding carboxylic acids is 6. The van der Waals surface area contributed by atoms with Crippen LogP contribution in [0.5, 0.6) is 11.5 Å². The number of carbonyl (C=O) groups is 6. The van der Waals surface area contributed by atoms with E-state index in [1.807, 2.05) is 97.6 Å². The Hall–Kier alpha value is -7.82. The zero-order valence-corrected chi connectivity index (χ0v) is 41.0. The third kappa shape index (κ3) is 8.85. The van der Waals surface area contributed by atoms with Gasteiger partial charge in [-0.25, -0.2) is 0 Å². The predicted octanol–water partition coefficient (Wildman–Crippen LogP) is 6.48. The maximum Gasteiger partial charge on any atom is 0.325 e. The van der Waals surface area contributed by atoms with E-state index in [9.17, 15) is 29.1 Å². The van der Waals surface area contributed by atoms with Gasteiger partial charge in [-0.1, -0.05) is 130 Å². The number of hydrogen-bond acceptors (Lipinski definition) is 13. The summed E-state index contributed by atoms with van der Waals surface area (Å²) in [5.74, 6) is -4.41. The number of nitrogens with one attached hydrogen (secondary N) is 2. The van der Waals surface area contributed by atoms with Gasteiger partial charge >= 0.3 is 17.9 Å². The maximum atomic E-state index is 15.1. The van der Waals surface area contributed by atoms with Crippen LogP contribution in [0.4, 0.5) is 5.69 Å². The minimum absolute atomic E-state index is 0.0460. The van der Waals surface area contributed by atoms with Crippen molar-refractivity contribution in [3.63, 3.8) is 0 Å². The van der Waals surface area contributed by atoms with Crippen LogP contribution in [0, 0.1) is 17.8 Å². The monoisotopic (exact) mass is 1000 g/mol. The molecule has 4 fully saturated rings. The standard InChI is InChI=1S/C58H58N4O12/c1-4-27-72-55(67)46-49-56(68)74-50(36-16-9-6-10-17-36)48(35-14-7-5-8-15-35)62(49)51(58(46)42-20-11-12-21-43(42)60-57(58)69)37-22-24-39(25-23-37)71-29-30-73-54(66)41-33-45-52(64)59-44(31-34(2)3)53(65)61(45)47(41)38-18-13-19-40(32-38)70-28-26-63/h4-25,32,34,41,44-51,63H,1,26-31,33H2,2-3H3,(H,59,64)(H,60,69)/t41-,44+,45-,46-,47-,48-,49-,50+,51+,58-/m1/s1. The number of nitrogens with zero attached hydrogens (tertiary/aromatic N) is 2. The van der Waals surface area contributed by atoms with E-state index in [1.54, 1.807) is 54.6 Å². The van der Waals surface area contributed by atoms with Gasteiger partial charge in [0.15, 0.2) is 0 Å². The van der Waals surface area contributed by atoms with Crippen molar-refractivity contribution in [2.75, 3.05) is 38.4 Å². The fourth-order valence-electron chi connectivity index (χ4n) is 12.0. The van der Waals surface area contributed by atoms with E-state index in [2.05, 4.69) is 17.2 Å². The Bertz CT molecular complexity index is 2930. The zero-order valence-electron chi connectivity index (χ0n) is 41.0. The zero-order chi connectivity index (χ0) is 51.7. The van der Waals surface area contributed by atoms with E-state index in [0.29, 0.717) is 40.3 Å². The molecule has 10 atom stereocenters. The number of fused-ring (bicyclic) bond motifs is 4. The summed E-state index contributed by atoms with van der Waals surface area (Å²) in [6, 6.07) is 34.8. The Labute approximate surface area is 428 Å². The molecule has 5 heterocycles. The van der Waals surface area contributed by atoms with Crippen molar-refractivity contribution in [3.8, 4) is 11.5 Å². The summed E-state index contributed by atoms with van der Waals surface area (Å²) in [5, 5.41) is 15.3. The number of benzene rings is 5. The number of rotatable bonds is 17. The van der Waals surface area contributed by atoms with Gasteiger partial charge in [0, 0.05) is 5.69 Å². The molecule has 0 aromatic heterocycles. The van der Waals surface area contributed by atoms with E-state index >= 15 is 4.79 Å². The molecule has 74 heavy (non-hydrogen) atoms. The molecule has 5 aromatic carbocycles. The highest BCUT2D eigenvalue weighted by Crippen LogP contribution is 2.65. The smallest absolute Gasteiger partial charge is 0.325 e. The summed E-state index contributed by atoms with van der Waals surface area (Å²) in [4.78, 5) is 90.0. The van der Waals surface area contributed by atoms with Crippen LogP contribution in [-0.4, -0.2) is 102 Å². The fourth-order valence-corrected chi connectivity index (χ4v) is 12.0. The van der Waals surface area contributed by atoms with Crippen molar-refractivity contribution in [3.05, 3.63) is 174 Å². The minimum atomic E-state index is -1.70. The number of morpholine rings is 1. The molecule has 382 valence electrons. The lowest BCUT2D eigenvalue weighted by Gasteiger charge is -2.46. The van der Waals surface area contributed by atoms with Crippen molar-refractivity contribution in [1.29, 1.82) is 0 Å². The third-order valence-electron chi connectivity index (χ3n) is 14.8. The normalized spacial score (nSPS) is 26.9. The number of amides is 3. The number of ether oxygens (including phenoxy) is 5. The second-order valence-electron chi connectivity index (χ2n) is 19.7. The first kappa shape index (κ1) is 49.7. The Morgan fingerprint density at radius 1 is 0.757 bits per heavy atom. The number of esters is 3. The molecule has 16 heteroatoms. The summed E-state index contributed by atoms with van der Waals surface area (Å²) in [7, 11) is 0. The van der Waals surface area contributed by atoms with Gasteiger partial charge in [-0.3, -0.25) is 33.7 Å². The van der Waals surface area contributed by atoms with Crippen molar-refractivity contribution >= 4 is 41.3 Å². The summed E-state index contributed by atoms with van der Waals surface area (Å²) in [6.07, 6.45) is 1.07. The van der Waals surface area contributed by atoms with Gasteiger partial charge in [-0.15, -0.1) is 0 Å². The highest BCUT2D eigenvalue weighted by molar-refractivity contribution is 6.11. The number of aliphatic hydroxyl groups excluding tert-OH is 1. The van der Waals surface area contributed by atoms with Crippen molar-refractivity contribution in [2.45, 2.75) is 74.5 Å². The molecule has 5 aliphatic heterocycles. The molecule has 5 aromatic rings. The van der Waals surface area contributed by atoms with Crippen molar-refractivity contribution < 1.29 is 57.6 Å². The summed E-state index contributed by atoms with van der Waals surface area (Å²) < 4.78 is 30.0. The van der Waals surface area contributed by atoms with Crippen LogP contribution in [0.1, 0.15) is 78.7 Å². The first-order valence-electron chi connectivity index (χ1n) is 25.1. The molecule has 1 spiro atoms. The minimum Gasteiger partial charge on any atom is -0.491 e. The number of cyclic esters (lactones) is 1. The van der Waals surface area contributed by atoms with Gasteiger partial charge in [0.05, 0.1) is 30.7 Å². The Kier molecular flexibility index (Phi) is 14.1. The molecular formula is C58H58N4O12. The summed E-state index contributed by atoms with van der Waals surface area (Å²) >= 11 is 0. The van der Waals surface area contributed by atoms with Gasteiger partial charge in [-0.05, 0) is 76.9 Å². The predicted molar refractivity (Wildman–Crippen MR) is 269 cm³/mol. The van der Waals surface area contributed by atoms with Crippen LogP contribution in [-0.2, 0) is 48.4 Å². The molecule has 0 saturated carbocycles. The van der Waals surface area contributed by atoms with Crippen LogP contribution in [0.2, 0.25) is 0 Å². The molecule has 0 bridgehead atoms. The molecule has 0 aliphatic carbocycles. The Morgan fingerprint density at radius 2 is 1.45 bits per heavy atom.